The summed E-state index contributed by atoms with van der Waals surface area (Å²) in [7, 11) is 0. The standard InChI is InChI=1S/C11H17N.C10H16N2/c1-5-10-6-9(4)11(7-12-10)8(2)3;1-5-10-9(7(2)3)6-11-8(4)12-10/h6-8H,5H2,1-4H3;6-7H,5H2,1-4H3. The minimum atomic E-state index is 0.528. The summed E-state index contributed by atoms with van der Waals surface area (Å²) >= 11 is 0. The molecule has 0 saturated heterocycles. The Morgan fingerprint density at radius 2 is 1.42 bits per heavy atom. The molecule has 3 heteroatoms. The van der Waals surface area contributed by atoms with Crippen molar-refractivity contribution in [1.82, 2.24) is 15.0 Å². The molecule has 0 saturated carbocycles. The van der Waals surface area contributed by atoms with Gasteiger partial charge in [-0.3, -0.25) is 4.98 Å². The maximum atomic E-state index is 4.40. The van der Waals surface area contributed by atoms with E-state index in [0.717, 1.165) is 18.7 Å². The first-order valence-electron chi connectivity index (χ1n) is 9.07. The third-order valence-corrected chi connectivity index (χ3v) is 4.17. The lowest BCUT2D eigenvalue weighted by molar-refractivity contribution is 0.799. The molecule has 2 heterocycles. The summed E-state index contributed by atoms with van der Waals surface area (Å²) in [5, 5.41) is 0. The Balaban J connectivity index is 0.000000240. The zero-order chi connectivity index (χ0) is 18.3. The number of aryl methyl sites for hydroxylation is 4. The van der Waals surface area contributed by atoms with Crippen LogP contribution in [0.5, 0.6) is 0 Å². The SMILES string of the molecule is CCc1cc(C)c(C(C)C)cn1.CCc1nc(C)ncc1C(C)C. The normalized spacial score (nSPS) is 10.8. The van der Waals surface area contributed by atoms with Crippen LogP contribution in [-0.2, 0) is 12.8 Å². The molecule has 0 radical (unpaired) electrons. The molecule has 3 nitrogen and oxygen atoms in total. The van der Waals surface area contributed by atoms with Gasteiger partial charge < -0.3 is 0 Å². The van der Waals surface area contributed by atoms with Crippen LogP contribution in [0.15, 0.2) is 18.5 Å². The highest BCUT2D eigenvalue weighted by molar-refractivity contribution is 5.27. The molecule has 0 amide bonds. The van der Waals surface area contributed by atoms with Crippen LogP contribution in [-0.4, -0.2) is 15.0 Å². The van der Waals surface area contributed by atoms with Gasteiger partial charge in [-0.1, -0.05) is 41.5 Å². The molecular formula is C21H33N3. The first kappa shape index (κ1) is 20.3. The lowest BCUT2D eigenvalue weighted by atomic mass is 10.00. The van der Waals surface area contributed by atoms with Crippen LogP contribution in [0, 0.1) is 13.8 Å². The molecule has 132 valence electrons. The fourth-order valence-electron chi connectivity index (χ4n) is 2.71. The number of hydrogen-bond acceptors (Lipinski definition) is 3. The van der Waals surface area contributed by atoms with Gasteiger partial charge in [0, 0.05) is 23.8 Å². The van der Waals surface area contributed by atoms with Crippen LogP contribution < -0.4 is 0 Å². The summed E-state index contributed by atoms with van der Waals surface area (Å²) in [6, 6.07) is 2.19. The van der Waals surface area contributed by atoms with E-state index in [-0.39, 0.29) is 0 Å². The van der Waals surface area contributed by atoms with Gasteiger partial charge in [0.2, 0.25) is 0 Å². The minimum absolute atomic E-state index is 0.528. The smallest absolute Gasteiger partial charge is 0.125 e. The van der Waals surface area contributed by atoms with Crippen molar-refractivity contribution in [1.29, 1.82) is 0 Å². The second-order valence-electron chi connectivity index (χ2n) is 6.87. The number of rotatable bonds is 4. The van der Waals surface area contributed by atoms with Crippen molar-refractivity contribution >= 4 is 0 Å². The van der Waals surface area contributed by atoms with Crippen LogP contribution >= 0.6 is 0 Å². The predicted octanol–water partition coefficient (Wildman–Crippen LogP) is 5.55. The van der Waals surface area contributed by atoms with Gasteiger partial charge in [-0.05, 0) is 61.3 Å². The highest BCUT2D eigenvalue weighted by atomic mass is 14.9. The summed E-state index contributed by atoms with van der Waals surface area (Å²) in [5.74, 6) is 1.99. The van der Waals surface area contributed by atoms with Gasteiger partial charge in [0.15, 0.2) is 0 Å². The number of pyridine rings is 1. The topological polar surface area (TPSA) is 38.7 Å². The van der Waals surface area contributed by atoms with Crippen molar-refractivity contribution in [2.45, 2.75) is 80.1 Å². The molecule has 2 aromatic heterocycles. The van der Waals surface area contributed by atoms with E-state index in [1.165, 1.54) is 28.1 Å². The van der Waals surface area contributed by atoms with Crippen molar-refractivity contribution in [3.63, 3.8) is 0 Å². The van der Waals surface area contributed by atoms with E-state index < -0.39 is 0 Å². The van der Waals surface area contributed by atoms with Crippen LogP contribution in [0.4, 0.5) is 0 Å². The Hall–Kier alpha value is -1.77. The molecule has 2 rings (SSSR count). The Morgan fingerprint density at radius 3 is 1.88 bits per heavy atom. The Labute approximate surface area is 148 Å². The molecule has 0 fully saturated rings. The largest absolute Gasteiger partial charge is 0.261 e. The Bertz CT molecular complexity index is 646. The van der Waals surface area contributed by atoms with E-state index in [0.29, 0.717) is 11.8 Å². The third-order valence-electron chi connectivity index (χ3n) is 4.17. The molecule has 0 bridgehead atoms. The summed E-state index contributed by atoms with van der Waals surface area (Å²) in [6.45, 7) is 17.1. The maximum Gasteiger partial charge on any atom is 0.125 e. The molecule has 24 heavy (non-hydrogen) atoms. The summed E-state index contributed by atoms with van der Waals surface area (Å²) < 4.78 is 0. The Kier molecular flexibility index (Phi) is 8.03. The van der Waals surface area contributed by atoms with Crippen molar-refractivity contribution in [2.24, 2.45) is 0 Å². The molecule has 0 spiro atoms. The van der Waals surface area contributed by atoms with E-state index in [1.54, 1.807) is 0 Å². The van der Waals surface area contributed by atoms with Gasteiger partial charge in [0.25, 0.3) is 0 Å². The zero-order valence-electron chi connectivity index (χ0n) is 16.6. The second-order valence-corrected chi connectivity index (χ2v) is 6.87. The van der Waals surface area contributed by atoms with Crippen molar-refractivity contribution in [3.8, 4) is 0 Å². The molecule has 0 aliphatic rings. The van der Waals surface area contributed by atoms with E-state index in [4.69, 9.17) is 0 Å². The third kappa shape index (κ3) is 5.70. The first-order valence-corrected chi connectivity index (χ1v) is 9.07. The quantitative estimate of drug-likeness (QED) is 0.739. The summed E-state index contributed by atoms with van der Waals surface area (Å²) in [6.07, 6.45) is 5.99. The van der Waals surface area contributed by atoms with Crippen LogP contribution in [0.25, 0.3) is 0 Å². The fourth-order valence-corrected chi connectivity index (χ4v) is 2.71. The molecule has 0 aliphatic heterocycles. The lowest BCUT2D eigenvalue weighted by Crippen LogP contribution is -2.02. The van der Waals surface area contributed by atoms with Crippen molar-refractivity contribution in [2.75, 3.05) is 0 Å². The van der Waals surface area contributed by atoms with E-state index in [2.05, 4.69) is 69.5 Å². The fraction of sp³-hybridized carbons (Fsp3) is 0.571. The van der Waals surface area contributed by atoms with Gasteiger partial charge in [0.05, 0.1) is 0 Å². The average Bonchev–Trinajstić information content (AvgIpc) is 2.54. The highest BCUT2D eigenvalue weighted by Gasteiger charge is 2.06. The van der Waals surface area contributed by atoms with Crippen LogP contribution in [0.1, 0.15) is 87.3 Å². The molecule has 0 aromatic carbocycles. The van der Waals surface area contributed by atoms with Crippen LogP contribution in [0.3, 0.4) is 0 Å². The molecule has 0 N–H and O–H groups in total. The van der Waals surface area contributed by atoms with Gasteiger partial charge in [0.1, 0.15) is 5.82 Å². The van der Waals surface area contributed by atoms with Crippen LogP contribution in [0.2, 0.25) is 0 Å². The molecule has 0 atom stereocenters. The molecular weight excluding hydrogens is 294 g/mol. The number of hydrogen-bond donors (Lipinski definition) is 0. The average molecular weight is 328 g/mol. The van der Waals surface area contributed by atoms with Crippen molar-refractivity contribution < 1.29 is 0 Å². The first-order chi connectivity index (χ1) is 11.3. The minimum Gasteiger partial charge on any atom is -0.261 e. The predicted molar refractivity (Wildman–Crippen MR) is 103 cm³/mol. The van der Waals surface area contributed by atoms with Gasteiger partial charge in [-0.2, -0.15) is 0 Å². The van der Waals surface area contributed by atoms with E-state index >= 15 is 0 Å². The summed E-state index contributed by atoms with van der Waals surface area (Å²) in [4.78, 5) is 13.0. The van der Waals surface area contributed by atoms with Gasteiger partial charge in [-0.15, -0.1) is 0 Å². The molecule has 2 aromatic rings. The molecule has 0 unspecified atom stereocenters. The number of aromatic nitrogens is 3. The molecule has 0 aliphatic carbocycles. The maximum absolute atomic E-state index is 4.40. The van der Waals surface area contributed by atoms with E-state index in [1.807, 2.05) is 19.3 Å². The van der Waals surface area contributed by atoms with Gasteiger partial charge >= 0.3 is 0 Å². The monoisotopic (exact) mass is 327 g/mol. The van der Waals surface area contributed by atoms with Crippen molar-refractivity contribution in [3.05, 3.63) is 52.4 Å². The van der Waals surface area contributed by atoms with E-state index in [9.17, 15) is 0 Å². The van der Waals surface area contributed by atoms with Gasteiger partial charge in [-0.25, -0.2) is 9.97 Å². The lowest BCUT2D eigenvalue weighted by Gasteiger charge is -2.09. The summed E-state index contributed by atoms with van der Waals surface area (Å²) in [5.41, 5.74) is 6.40. The number of nitrogens with zero attached hydrogens (tertiary/aromatic N) is 3. The zero-order valence-corrected chi connectivity index (χ0v) is 16.6. The Morgan fingerprint density at radius 1 is 0.833 bits per heavy atom. The second kappa shape index (κ2) is 9.51. The highest BCUT2D eigenvalue weighted by Crippen LogP contribution is 2.18.